The van der Waals surface area contributed by atoms with Crippen molar-refractivity contribution in [1.29, 1.82) is 0 Å². The van der Waals surface area contributed by atoms with Gasteiger partial charge in [-0.2, -0.15) is 0 Å². The molecule has 2 amide bonds. The van der Waals surface area contributed by atoms with Gasteiger partial charge < -0.3 is 15.6 Å². The first-order chi connectivity index (χ1) is 13.1. The first-order valence-corrected chi connectivity index (χ1v) is 9.19. The fraction of sp³-hybridized carbons (Fsp3) is 0.0500. The van der Waals surface area contributed by atoms with Crippen LogP contribution in [0.25, 0.3) is 22.4 Å². The van der Waals surface area contributed by atoms with Gasteiger partial charge in [0.1, 0.15) is 5.82 Å². The minimum atomic E-state index is -0.127. The van der Waals surface area contributed by atoms with Crippen LogP contribution in [0.2, 0.25) is 0 Å². The molecular formula is C20H16N4O2S. The van der Waals surface area contributed by atoms with Gasteiger partial charge in [0.05, 0.1) is 15.9 Å². The molecule has 4 aromatic rings. The molecule has 7 heteroatoms. The largest absolute Gasteiger partial charge is 0.338 e. The highest BCUT2D eigenvalue weighted by Crippen LogP contribution is 2.24. The number of amides is 2. The molecule has 0 fully saturated rings. The molecule has 27 heavy (non-hydrogen) atoms. The van der Waals surface area contributed by atoms with Crippen molar-refractivity contribution < 1.29 is 9.59 Å². The van der Waals surface area contributed by atoms with Crippen LogP contribution in [0.15, 0.2) is 60.0 Å². The zero-order valence-electron chi connectivity index (χ0n) is 14.4. The number of hydrogen-bond donors (Lipinski definition) is 3. The normalized spacial score (nSPS) is 10.7. The number of imidazole rings is 1. The monoisotopic (exact) mass is 376 g/mol. The molecule has 6 nitrogen and oxygen atoms in total. The van der Waals surface area contributed by atoms with Gasteiger partial charge in [0.15, 0.2) is 0 Å². The lowest BCUT2D eigenvalue weighted by molar-refractivity contribution is -0.114. The molecule has 4 rings (SSSR count). The number of anilines is 2. The number of aromatic nitrogens is 2. The molecule has 0 atom stereocenters. The van der Waals surface area contributed by atoms with Crippen molar-refractivity contribution in [3.05, 3.63) is 64.9 Å². The lowest BCUT2D eigenvalue weighted by Gasteiger charge is -2.03. The molecule has 0 saturated carbocycles. The molecule has 0 spiro atoms. The number of thiophene rings is 1. The molecule has 0 saturated heterocycles. The number of hydrogen-bond acceptors (Lipinski definition) is 4. The lowest BCUT2D eigenvalue weighted by atomic mass is 10.2. The molecule has 2 aromatic carbocycles. The zero-order chi connectivity index (χ0) is 18.8. The molecular weight excluding hydrogens is 360 g/mol. The molecule has 0 aliphatic heterocycles. The molecule has 0 aliphatic rings. The van der Waals surface area contributed by atoms with Gasteiger partial charge in [-0.3, -0.25) is 9.59 Å². The average Bonchev–Trinajstić information content (AvgIpc) is 3.31. The predicted octanol–water partition coefficient (Wildman–Crippen LogP) is 4.50. The number of H-pyrrole nitrogens is 1. The van der Waals surface area contributed by atoms with E-state index in [1.807, 2.05) is 53.9 Å². The summed E-state index contributed by atoms with van der Waals surface area (Å²) in [5, 5.41) is 7.50. The van der Waals surface area contributed by atoms with Gasteiger partial charge in [-0.15, -0.1) is 11.3 Å². The van der Waals surface area contributed by atoms with Crippen molar-refractivity contribution in [3.63, 3.8) is 0 Å². The minimum absolute atomic E-state index is 0.108. The second-order valence-corrected chi connectivity index (χ2v) is 6.95. The molecule has 134 valence electrons. The number of nitrogens with zero attached hydrogens (tertiary/aromatic N) is 1. The maximum atomic E-state index is 12.2. The van der Waals surface area contributed by atoms with E-state index in [9.17, 15) is 9.59 Å². The Morgan fingerprint density at radius 3 is 2.48 bits per heavy atom. The standard InChI is InChI=1S/C20H16N4O2S/c1-12(25)21-14-6-4-13(5-7-14)19-23-16-9-8-15(11-17(16)24-19)22-20(26)18-3-2-10-27-18/h2-11H,1H3,(H,21,25)(H,22,26)(H,23,24). The Kier molecular flexibility index (Phi) is 4.43. The van der Waals surface area contributed by atoms with Crippen LogP contribution in [0.1, 0.15) is 16.6 Å². The van der Waals surface area contributed by atoms with Crippen LogP contribution in [0.5, 0.6) is 0 Å². The maximum absolute atomic E-state index is 12.2. The summed E-state index contributed by atoms with van der Waals surface area (Å²) in [5.74, 6) is 0.488. The van der Waals surface area contributed by atoms with E-state index in [2.05, 4.69) is 20.6 Å². The summed E-state index contributed by atoms with van der Waals surface area (Å²) in [5.41, 5.74) is 3.99. The van der Waals surface area contributed by atoms with Crippen molar-refractivity contribution in [2.75, 3.05) is 10.6 Å². The second-order valence-electron chi connectivity index (χ2n) is 6.01. The minimum Gasteiger partial charge on any atom is -0.338 e. The number of benzene rings is 2. The van der Waals surface area contributed by atoms with Gasteiger partial charge in [-0.1, -0.05) is 6.07 Å². The third kappa shape index (κ3) is 3.73. The number of fused-ring (bicyclic) bond motifs is 1. The summed E-state index contributed by atoms with van der Waals surface area (Å²) in [4.78, 5) is 31.8. The number of carbonyl (C=O) groups is 2. The van der Waals surface area contributed by atoms with E-state index in [-0.39, 0.29) is 11.8 Å². The van der Waals surface area contributed by atoms with E-state index in [1.54, 1.807) is 6.07 Å². The number of aromatic amines is 1. The molecule has 0 unspecified atom stereocenters. The van der Waals surface area contributed by atoms with Gasteiger partial charge >= 0.3 is 0 Å². The Bertz CT molecular complexity index is 1110. The van der Waals surface area contributed by atoms with Crippen molar-refractivity contribution in [2.45, 2.75) is 6.92 Å². The van der Waals surface area contributed by atoms with E-state index in [0.29, 0.717) is 10.6 Å². The van der Waals surface area contributed by atoms with Crippen LogP contribution in [-0.2, 0) is 4.79 Å². The Morgan fingerprint density at radius 1 is 1.00 bits per heavy atom. The Balaban J connectivity index is 1.57. The summed E-state index contributed by atoms with van der Waals surface area (Å²) in [6.45, 7) is 1.47. The number of rotatable bonds is 4. The molecule has 2 heterocycles. The van der Waals surface area contributed by atoms with Crippen molar-refractivity contribution in [3.8, 4) is 11.4 Å². The number of carbonyl (C=O) groups excluding carboxylic acids is 2. The van der Waals surface area contributed by atoms with E-state index < -0.39 is 0 Å². The van der Waals surface area contributed by atoms with Crippen LogP contribution < -0.4 is 10.6 Å². The Morgan fingerprint density at radius 2 is 1.78 bits per heavy atom. The first kappa shape index (κ1) is 17.0. The molecule has 0 aliphatic carbocycles. The van der Waals surface area contributed by atoms with Gasteiger partial charge in [0, 0.05) is 23.9 Å². The third-order valence-corrected chi connectivity index (χ3v) is 4.83. The summed E-state index contributed by atoms with van der Waals surface area (Å²) < 4.78 is 0. The molecule has 3 N–H and O–H groups in total. The van der Waals surface area contributed by atoms with Crippen LogP contribution >= 0.6 is 11.3 Å². The van der Waals surface area contributed by atoms with Crippen LogP contribution in [0.4, 0.5) is 11.4 Å². The summed E-state index contributed by atoms with van der Waals surface area (Å²) in [7, 11) is 0. The van der Waals surface area contributed by atoms with Gasteiger partial charge in [0.2, 0.25) is 5.91 Å². The molecule has 0 radical (unpaired) electrons. The van der Waals surface area contributed by atoms with E-state index >= 15 is 0 Å². The highest BCUT2D eigenvalue weighted by Gasteiger charge is 2.10. The highest BCUT2D eigenvalue weighted by molar-refractivity contribution is 7.12. The smallest absolute Gasteiger partial charge is 0.265 e. The highest BCUT2D eigenvalue weighted by atomic mass is 32.1. The number of nitrogens with one attached hydrogen (secondary N) is 3. The van der Waals surface area contributed by atoms with Gasteiger partial charge in [0.25, 0.3) is 5.91 Å². The topological polar surface area (TPSA) is 86.9 Å². The molecule has 0 bridgehead atoms. The van der Waals surface area contributed by atoms with E-state index in [1.165, 1.54) is 18.3 Å². The van der Waals surface area contributed by atoms with Crippen LogP contribution in [0, 0.1) is 0 Å². The predicted molar refractivity (Wildman–Crippen MR) is 108 cm³/mol. The van der Waals surface area contributed by atoms with Gasteiger partial charge in [-0.05, 0) is 53.9 Å². The summed E-state index contributed by atoms with van der Waals surface area (Å²) in [6, 6.07) is 16.6. The Labute approximate surface area is 159 Å². The lowest BCUT2D eigenvalue weighted by Crippen LogP contribution is -2.09. The summed E-state index contributed by atoms with van der Waals surface area (Å²) >= 11 is 1.40. The van der Waals surface area contributed by atoms with Crippen LogP contribution in [0.3, 0.4) is 0 Å². The second kappa shape index (κ2) is 7.05. The zero-order valence-corrected chi connectivity index (χ0v) is 15.3. The first-order valence-electron chi connectivity index (χ1n) is 8.31. The fourth-order valence-electron chi connectivity index (χ4n) is 2.74. The summed E-state index contributed by atoms with van der Waals surface area (Å²) in [6.07, 6.45) is 0. The van der Waals surface area contributed by atoms with Crippen LogP contribution in [-0.4, -0.2) is 21.8 Å². The van der Waals surface area contributed by atoms with Crippen molar-refractivity contribution in [1.82, 2.24) is 9.97 Å². The quantitative estimate of drug-likeness (QED) is 0.490. The van der Waals surface area contributed by atoms with Crippen molar-refractivity contribution >= 4 is 45.6 Å². The van der Waals surface area contributed by atoms with E-state index in [0.717, 1.165) is 28.1 Å². The molecule has 2 aromatic heterocycles. The van der Waals surface area contributed by atoms with E-state index in [4.69, 9.17) is 0 Å². The average molecular weight is 376 g/mol. The Hall–Kier alpha value is -3.45. The third-order valence-electron chi connectivity index (χ3n) is 3.96. The van der Waals surface area contributed by atoms with Gasteiger partial charge in [-0.25, -0.2) is 4.98 Å². The maximum Gasteiger partial charge on any atom is 0.265 e. The SMILES string of the molecule is CC(=O)Nc1ccc(-c2nc3ccc(NC(=O)c4cccs4)cc3[nH]2)cc1. The van der Waals surface area contributed by atoms with Crippen molar-refractivity contribution in [2.24, 2.45) is 0 Å². The fourth-order valence-corrected chi connectivity index (χ4v) is 3.36.